The maximum Gasteiger partial charge on any atom is 0.259 e. The summed E-state index contributed by atoms with van der Waals surface area (Å²) >= 11 is 0. The molecule has 0 spiro atoms. The number of halogens is 1. The standard InChI is InChI=1S/C20H20N4O.ClH/c1-14-19(13-22-24(14)18-5-3-2-4-6-18)20(25)23-17-8-7-15-9-10-21-12-16(15)11-17;/h2-8,11,13,21H,9-10,12H2,1H3,(H,23,25);1H. The number of para-hydroxylation sites is 1. The summed E-state index contributed by atoms with van der Waals surface area (Å²) in [7, 11) is 0. The Balaban J connectivity index is 0.00000196. The second-order valence-electron chi connectivity index (χ2n) is 6.26. The summed E-state index contributed by atoms with van der Waals surface area (Å²) in [6.45, 7) is 3.77. The van der Waals surface area contributed by atoms with Crippen molar-refractivity contribution in [3.8, 4) is 5.69 Å². The topological polar surface area (TPSA) is 59.0 Å². The average molecular weight is 369 g/mol. The summed E-state index contributed by atoms with van der Waals surface area (Å²) in [5, 5.41) is 10.7. The fourth-order valence-corrected chi connectivity index (χ4v) is 3.22. The molecule has 134 valence electrons. The lowest BCUT2D eigenvalue weighted by Gasteiger charge is -2.18. The van der Waals surface area contributed by atoms with E-state index in [1.807, 2.05) is 43.3 Å². The molecule has 1 aliphatic heterocycles. The summed E-state index contributed by atoms with van der Waals surface area (Å²) in [5.41, 5.74) is 5.77. The molecule has 1 amide bonds. The van der Waals surface area contributed by atoms with E-state index in [0.717, 1.165) is 36.6 Å². The molecule has 5 nitrogen and oxygen atoms in total. The molecule has 2 N–H and O–H groups in total. The van der Waals surface area contributed by atoms with Crippen LogP contribution < -0.4 is 10.6 Å². The van der Waals surface area contributed by atoms with E-state index < -0.39 is 0 Å². The van der Waals surface area contributed by atoms with Crippen LogP contribution in [0.2, 0.25) is 0 Å². The molecule has 2 heterocycles. The van der Waals surface area contributed by atoms with Crippen LogP contribution in [-0.2, 0) is 13.0 Å². The number of anilines is 1. The molecule has 0 aliphatic carbocycles. The van der Waals surface area contributed by atoms with Crippen LogP contribution in [0.1, 0.15) is 27.2 Å². The number of fused-ring (bicyclic) bond motifs is 1. The number of benzene rings is 2. The predicted molar refractivity (Wildman–Crippen MR) is 105 cm³/mol. The van der Waals surface area contributed by atoms with E-state index in [1.165, 1.54) is 11.1 Å². The summed E-state index contributed by atoms with van der Waals surface area (Å²) in [6.07, 6.45) is 2.66. The zero-order valence-electron chi connectivity index (χ0n) is 14.5. The van der Waals surface area contributed by atoms with Crippen LogP contribution in [0.4, 0.5) is 5.69 Å². The zero-order chi connectivity index (χ0) is 17.2. The van der Waals surface area contributed by atoms with E-state index in [1.54, 1.807) is 10.9 Å². The summed E-state index contributed by atoms with van der Waals surface area (Å²) in [6, 6.07) is 15.9. The second-order valence-corrected chi connectivity index (χ2v) is 6.26. The van der Waals surface area contributed by atoms with Gasteiger partial charge in [-0.25, -0.2) is 4.68 Å². The van der Waals surface area contributed by atoms with Crippen LogP contribution in [0.3, 0.4) is 0 Å². The normalized spacial score (nSPS) is 12.8. The highest BCUT2D eigenvalue weighted by Crippen LogP contribution is 2.20. The van der Waals surface area contributed by atoms with Gasteiger partial charge in [0.25, 0.3) is 5.91 Å². The van der Waals surface area contributed by atoms with E-state index in [9.17, 15) is 4.79 Å². The molecule has 6 heteroatoms. The average Bonchev–Trinajstić information content (AvgIpc) is 3.04. The van der Waals surface area contributed by atoms with Crippen LogP contribution >= 0.6 is 12.4 Å². The van der Waals surface area contributed by atoms with Gasteiger partial charge < -0.3 is 10.6 Å². The third-order valence-electron chi connectivity index (χ3n) is 4.61. The number of rotatable bonds is 3. The highest BCUT2D eigenvalue weighted by Gasteiger charge is 2.16. The van der Waals surface area contributed by atoms with Gasteiger partial charge in [0, 0.05) is 12.2 Å². The lowest BCUT2D eigenvalue weighted by atomic mass is 10.0. The SMILES string of the molecule is Cc1c(C(=O)Nc2ccc3c(c2)CNCC3)cnn1-c1ccccc1.Cl. The molecule has 0 bridgehead atoms. The number of hydrogen-bond acceptors (Lipinski definition) is 3. The van der Waals surface area contributed by atoms with Crippen molar-refractivity contribution >= 4 is 24.0 Å². The van der Waals surface area contributed by atoms with Gasteiger partial charge in [-0.05, 0) is 55.3 Å². The molecule has 3 aromatic rings. The van der Waals surface area contributed by atoms with E-state index in [0.29, 0.717) is 5.56 Å². The van der Waals surface area contributed by atoms with Crippen molar-refractivity contribution in [1.29, 1.82) is 0 Å². The lowest BCUT2D eigenvalue weighted by molar-refractivity contribution is 0.102. The molecular weight excluding hydrogens is 348 g/mol. The Hall–Kier alpha value is -2.63. The second kappa shape index (κ2) is 7.72. The van der Waals surface area contributed by atoms with Gasteiger partial charge in [0.15, 0.2) is 0 Å². The number of nitrogens with zero attached hydrogens (tertiary/aromatic N) is 2. The molecule has 0 fully saturated rings. The van der Waals surface area contributed by atoms with Crippen molar-refractivity contribution in [1.82, 2.24) is 15.1 Å². The van der Waals surface area contributed by atoms with Gasteiger partial charge in [0.2, 0.25) is 0 Å². The summed E-state index contributed by atoms with van der Waals surface area (Å²) in [5.74, 6) is -0.136. The molecule has 1 aliphatic rings. The Bertz CT molecular complexity index is 921. The van der Waals surface area contributed by atoms with Crippen LogP contribution in [0.5, 0.6) is 0 Å². The first-order valence-corrected chi connectivity index (χ1v) is 8.46. The lowest BCUT2D eigenvalue weighted by Crippen LogP contribution is -2.23. The first-order chi connectivity index (χ1) is 12.2. The minimum absolute atomic E-state index is 0. The summed E-state index contributed by atoms with van der Waals surface area (Å²) in [4.78, 5) is 12.7. The molecule has 4 rings (SSSR count). The van der Waals surface area contributed by atoms with Gasteiger partial charge in [-0.3, -0.25) is 4.79 Å². The minimum atomic E-state index is -0.136. The Morgan fingerprint density at radius 3 is 2.77 bits per heavy atom. The largest absolute Gasteiger partial charge is 0.322 e. The Labute approximate surface area is 158 Å². The van der Waals surface area contributed by atoms with Crippen molar-refractivity contribution in [3.05, 3.63) is 77.1 Å². The minimum Gasteiger partial charge on any atom is -0.322 e. The number of carbonyl (C=O) groups excluding carboxylic acids is 1. The van der Waals surface area contributed by atoms with Gasteiger partial charge in [-0.2, -0.15) is 5.10 Å². The maximum atomic E-state index is 12.7. The highest BCUT2D eigenvalue weighted by atomic mass is 35.5. The smallest absolute Gasteiger partial charge is 0.259 e. The van der Waals surface area contributed by atoms with E-state index in [2.05, 4.69) is 27.9 Å². The molecule has 0 unspecified atom stereocenters. The van der Waals surface area contributed by atoms with Gasteiger partial charge >= 0.3 is 0 Å². The van der Waals surface area contributed by atoms with Crippen LogP contribution in [0.25, 0.3) is 5.69 Å². The van der Waals surface area contributed by atoms with Gasteiger partial charge in [-0.15, -0.1) is 12.4 Å². The zero-order valence-corrected chi connectivity index (χ0v) is 15.3. The molecule has 0 atom stereocenters. The molecule has 0 saturated heterocycles. The van der Waals surface area contributed by atoms with Crippen LogP contribution in [-0.4, -0.2) is 22.2 Å². The first-order valence-electron chi connectivity index (χ1n) is 8.46. The highest BCUT2D eigenvalue weighted by molar-refractivity contribution is 6.05. The van der Waals surface area contributed by atoms with Crippen molar-refractivity contribution in [2.45, 2.75) is 19.9 Å². The fraction of sp³-hybridized carbons (Fsp3) is 0.200. The molecular formula is C20H21ClN4O. The molecule has 26 heavy (non-hydrogen) atoms. The fourth-order valence-electron chi connectivity index (χ4n) is 3.22. The first kappa shape index (κ1) is 18.2. The number of nitrogens with one attached hydrogen (secondary N) is 2. The van der Waals surface area contributed by atoms with Crippen molar-refractivity contribution in [3.63, 3.8) is 0 Å². The maximum absolute atomic E-state index is 12.7. The third kappa shape index (κ3) is 3.49. The third-order valence-corrected chi connectivity index (χ3v) is 4.61. The molecule has 0 radical (unpaired) electrons. The Kier molecular flexibility index (Phi) is 5.40. The quantitative estimate of drug-likeness (QED) is 0.743. The number of aromatic nitrogens is 2. The Morgan fingerprint density at radius 1 is 1.15 bits per heavy atom. The van der Waals surface area contributed by atoms with Gasteiger partial charge in [-0.1, -0.05) is 24.3 Å². The molecule has 0 saturated carbocycles. The van der Waals surface area contributed by atoms with Crippen molar-refractivity contribution in [2.24, 2.45) is 0 Å². The van der Waals surface area contributed by atoms with E-state index in [4.69, 9.17) is 0 Å². The van der Waals surface area contributed by atoms with E-state index in [-0.39, 0.29) is 18.3 Å². The van der Waals surface area contributed by atoms with Gasteiger partial charge in [0.05, 0.1) is 23.1 Å². The number of hydrogen-bond donors (Lipinski definition) is 2. The van der Waals surface area contributed by atoms with Gasteiger partial charge in [0.1, 0.15) is 0 Å². The van der Waals surface area contributed by atoms with Crippen molar-refractivity contribution in [2.75, 3.05) is 11.9 Å². The Morgan fingerprint density at radius 2 is 1.96 bits per heavy atom. The van der Waals surface area contributed by atoms with Crippen LogP contribution in [0, 0.1) is 6.92 Å². The monoisotopic (exact) mass is 368 g/mol. The summed E-state index contributed by atoms with van der Waals surface area (Å²) < 4.78 is 1.78. The predicted octanol–water partition coefficient (Wildman–Crippen LogP) is 3.50. The number of carbonyl (C=O) groups is 1. The number of amides is 1. The molecule has 1 aromatic heterocycles. The van der Waals surface area contributed by atoms with Crippen molar-refractivity contribution < 1.29 is 4.79 Å². The van der Waals surface area contributed by atoms with Crippen LogP contribution in [0.15, 0.2) is 54.7 Å². The molecule has 2 aromatic carbocycles. The van der Waals surface area contributed by atoms with E-state index >= 15 is 0 Å².